The van der Waals surface area contributed by atoms with Crippen molar-refractivity contribution in [1.82, 2.24) is 4.90 Å². The second kappa shape index (κ2) is 7.01. The summed E-state index contributed by atoms with van der Waals surface area (Å²) in [6.07, 6.45) is 0.580. The van der Waals surface area contributed by atoms with Crippen LogP contribution in [0.2, 0.25) is 0 Å². The molecule has 1 amide bonds. The maximum absolute atomic E-state index is 13.2. The first-order valence-electron chi connectivity index (χ1n) is 5.76. The molecule has 0 saturated heterocycles. The third-order valence-corrected chi connectivity index (χ3v) is 4.00. The molecule has 0 aliphatic carbocycles. The van der Waals surface area contributed by atoms with E-state index in [-0.39, 0.29) is 5.56 Å². The highest BCUT2D eigenvalue weighted by Crippen LogP contribution is 2.22. The van der Waals surface area contributed by atoms with E-state index in [1.807, 2.05) is 0 Å². The van der Waals surface area contributed by atoms with Crippen LogP contribution in [0.3, 0.4) is 0 Å². The molecule has 20 heavy (non-hydrogen) atoms. The number of benzene rings is 1. The molecule has 0 spiro atoms. The van der Waals surface area contributed by atoms with Crippen molar-refractivity contribution in [1.29, 1.82) is 0 Å². The largest absolute Gasteiger partial charge is 0.385 e. The molecule has 112 valence electrons. The molecule has 0 saturated carbocycles. The summed E-state index contributed by atoms with van der Waals surface area (Å²) in [6, 6.07) is 2.79. The zero-order chi connectivity index (χ0) is 15.3. The molecule has 0 aromatic heterocycles. The number of methoxy groups -OCH3 is 1. The molecule has 0 heterocycles. The number of amides is 1. The number of halogens is 2. The molecule has 0 fully saturated rings. The van der Waals surface area contributed by atoms with Crippen LogP contribution < -0.4 is 0 Å². The van der Waals surface area contributed by atoms with E-state index in [2.05, 4.69) is 0 Å². The van der Waals surface area contributed by atoms with Gasteiger partial charge in [-0.3, -0.25) is 4.79 Å². The van der Waals surface area contributed by atoms with Crippen molar-refractivity contribution in [2.45, 2.75) is 11.3 Å². The van der Waals surface area contributed by atoms with Gasteiger partial charge in [0, 0.05) is 38.0 Å². The van der Waals surface area contributed by atoms with E-state index in [9.17, 15) is 17.6 Å². The van der Waals surface area contributed by atoms with E-state index in [1.165, 1.54) is 19.1 Å². The first kappa shape index (κ1) is 16.9. The summed E-state index contributed by atoms with van der Waals surface area (Å²) in [7, 11) is 4.16. The third-order valence-electron chi connectivity index (χ3n) is 2.62. The lowest BCUT2D eigenvalue weighted by Gasteiger charge is -2.18. The average molecular weight is 324 g/mol. The van der Waals surface area contributed by atoms with Crippen LogP contribution in [0.15, 0.2) is 23.1 Å². The molecule has 0 unspecified atom stereocenters. The van der Waals surface area contributed by atoms with E-state index in [0.29, 0.717) is 19.6 Å². The molecule has 0 bridgehead atoms. The van der Waals surface area contributed by atoms with Crippen LogP contribution in [-0.4, -0.2) is 46.5 Å². The summed E-state index contributed by atoms with van der Waals surface area (Å²) < 4.78 is 40.9. The number of carbonyl (C=O) groups excluding carboxylic acids is 1. The van der Waals surface area contributed by atoms with Gasteiger partial charge in [0.05, 0.1) is 10.5 Å². The Balaban J connectivity index is 3.06. The van der Waals surface area contributed by atoms with E-state index in [4.69, 9.17) is 15.4 Å². The van der Waals surface area contributed by atoms with Gasteiger partial charge >= 0.3 is 0 Å². The summed E-state index contributed by atoms with van der Waals surface area (Å²) >= 11 is 0. The summed E-state index contributed by atoms with van der Waals surface area (Å²) in [6.45, 7) is 0.812. The van der Waals surface area contributed by atoms with Gasteiger partial charge in [-0.15, -0.1) is 0 Å². The van der Waals surface area contributed by atoms with Crippen molar-refractivity contribution >= 4 is 25.6 Å². The Bertz CT molecular complexity index is 591. The number of hydrogen-bond donors (Lipinski definition) is 0. The third kappa shape index (κ3) is 4.43. The Morgan fingerprint density at radius 1 is 1.45 bits per heavy atom. The van der Waals surface area contributed by atoms with E-state index >= 15 is 0 Å². The van der Waals surface area contributed by atoms with Gasteiger partial charge < -0.3 is 9.64 Å². The lowest BCUT2D eigenvalue weighted by molar-refractivity contribution is 0.0775. The Hall–Kier alpha value is -1.18. The quantitative estimate of drug-likeness (QED) is 0.592. The molecular weight excluding hydrogens is 309 g/mol. The predicted octanol–water partition coefficient (Wildman–Crippen LogP) is 1.86. The highest BCUT2D eigenvalue weighted by Gasteiger charge is 2.23. The number of nitrogens with zero attached hydrogens (tertiary/aromatic N) is 1. The van der Waals surface area contributed by atoms with E-state index in [0.717, 1.165) is 18.2 Å². The van der Waals surface area contributed by atoms with Crippen LogP contribution in [0.1, 0.15) is 16.8 Å². The van der Waals surface area contributed by atoms with Crippen molar-refractivity contribution in [3.63, 3.8) is 0 Å². The first-order valence-corrected chi connectivity index (χ1v) is 8.07. The second-order valence-electron chi connectivity index (χ2n) is 4.15. The maximum Gasteiger partial charge on any atom is 0.262 e. The van der Waals surface area contributed by atoms with Crippen molar-refractivity contribution in [2.24, 2.45) is 0 Å². The highest BCUT2D eigenvalue weighted by molar-refractivity contribution is 8.13. The molecule has 8 heteroatoms. The topological polar surface area (TPSA) is 63.7 Å². The van der Waals surface area contributed by atoms with Crippen molar-refractivity contribution in [2.75, 3.05) is 27.3 Å². The fourth-order valence-corrected chi connectivity index (χ4v) is 2.68. The van der Waals surface area contributed by atoms with Crippen LogP contribution >= 0.6 is 10.7 Å². The monoisotopic (exact) mass is 323 g/mol. The molecule has 0 N–H and O–H groups in total. The van der Waals surface area contributed by atoms with Gasteiger partial charge in [-0.1, -0.05) is 0 Å². The van der Waals surface area contributed by atoms with Gasteiger partial charge in [0.2, 0.25) is 0 Å². The number of rotatable bonds is 6. The van der Waals surface area contributed by atoms with Gasteiger partial charge in [-0.2, -0.15) is 0 Å². The zero-order valence-electron chi connectivity index (χ0n) is 11.1. The minimum Gasteiger partial charge on any atom is -0.385 e. The van der Waals surface area contributed by atoms with E-state index < -0.39 is 25.7 Å². The first-order chi connectivity index (χ1) is 9.27. The van der Waals surface area contributed by atoms with Gasteiger partial charge in [-0.05, 0) is 24.6 Å². The zero-order valence-corrected chi connectivity index (χ0v) is 12.7. The molecule has 5 nitrogen and oxygen atoms in total. The fourth-order valence-electron chi connectivity index (χ4n) is 1.64. The number of carbonyl (C=O) groups is 1. The van der Waals surface area contributed by atoms with Crippen LogP contribution in [0.5, 0.6) is 0 Å². The SMILES string of the molecule is COCCCN(C)C(=O)c1cc(F)ccc1S(=O)(=O)Cl. The highest BCUT2D eigenvalue weighted by atomic mass is 35.7. The Kier molecular flexibility index (Phi) is 5.91. The van der Waals surface area contributed by atoms with Crippen LogP contribution in [0.4, 0.5) is 4.39 Å². The molecule has 0 atom stereocenters. The van der Waals surface area contributed by atoms with Crippen molar-refractivity contribution < 1.29 is 22.3 Å². The summed E-state index contributed by atoms with van der Waals surface area (Å²) in [5.74, 6) is -1.32. The number of hydrogen-bond acceptors (Lipinski definition) is 4. The second-order valence-corrected chi connectivity index (χ2v) is 6.69. The minimum atomic E-state index is -4.12. The molecule has 0 aliphatic rings. The van der Waals surface area contributed by atoms with E-state index in [1.54, 1.807) is 0 Å². The van der Waals surface area contributed by atoms with Gasteiger partial charge in [-0.25, -0.2) is 12.8 Å². The van der Waals surface area contributed by atoms with Gasteiger partial charge in [0.15, 0.2) is 0 Å². The van der Waals surface area contributed by atoms with Crippen LogP contribution in [-0.2, 0) is 13.8 Å². The van der Waals surface area contributed by atoms with Gasteiger partial charge in [0.1, 0.15) is 5.82 Å². The molecule has 1 aromatic rings. The minimum absolute atomic E-state index is 0.278. The molecular formula is C12H15ClFNO4S. The molecule has 1 aromatic carbocycles. The Morgan fingerprint density at radius 2 is 2.10 bits per heavy atom. The predicted molar refractivity (Wildman–Crippen MR) is 72.9 cm³/mol. The lowest BCUT2D eigenvalue weighted by Crippen LogP contribution is -2.29. The summed E-state index contributed by atoms with van der Waals surface area (Å²) in [5, 5.41) is 0. The van der Waals surface area contributed by atoms with Crippen molar-refractivity contribution in [3.8, 4) is 0 Å². The maximum atomic E-state index is 13.2. The van der Waals surface area contributed by atoms with Crippen LogP contribution in [0.25, 0.3) is 0 Å². The van der Waals surface area contributed by atoms with Crippen molar-refractivity contribution in [3.05, 3.63) is 29.6 Å². The molecule has 0 radical (unpaired) electrons. The molecule has 1 rings (SSSR count). The Labute approximate surface area is 121 Å². The normalized spacial score (nSPS) is 11.4. The summed E-state index contributed by atoms with van der Waals surface area (Å²) in [5.41, 5.74) is -0.278. The Morgan fingerprint density at radius 3 is 2.65 bits per heavy atom. The lowest BCUT2D eigenvalue weighted by atomic mass is 10.2. The van der Waals surface area contributed by atoms with Crippen LogP contribution in [0, 0.1) is 5.82 Å². The smallest absolute Gasteiger partial charge is 0.262 e. The standard InChI is InChI=1S/C12H15ClFNO4S/c1-15(6-3-7-19-2)12(16)10-8-9(14)4-5-11(10)20(13,17)18/h4-5,8H,3,6-7H2,1-2H3. The molecule has 0 aliphatic heterocycles. The average Bonchev–Trinajstić information content (AvgIpc) is 2.36. The number of ether oxygens (including phenoxy) is 1. The van der Waals surface area contributed by atoms with Gasteiger partial charge in [0.25, 0.3) is 15.0 Å². The fraction of sp³-hybridized carbons (Fsp3) is 0.417. The summed E-state index contributed by atoms with van der Waals surface area (Å²) in [4.78, 5) is 13.0.